The monoisotopic (exact) mass is 402 g/mol. The van der Waals surface area contributed by atoms with Crippen LogP contribution in [0.1, 0.15) is 42.2 Å². The van der Waals surface area contributed by atoms with E-state index in [1.54, 1.807) is 0 Å². The summed E-state index contributed by atoms with van der Waals surface area (Å²) in [6.45, 7) is 7.78. The van der Waals surface area contributed by atoms with Gasteiger partial charge in [-0.3, -0.25) is 0 Å². The van der Waals surface area contributed by atoms with Gasteiger partial charge in [0.1, 0.15) is 23.3 Å². The molecule has 3 atom stereocenters. The minimum Gasteiger partial charge on any atom is -0.364 e. The number of anilines is 2. The predicted molar refractivity (Wildman–Crippen MR) is 117 cm³/mol. The van der Waals surface area contributed by atoms with Crippen LogP contribution >= 0.6 is 0 Å². The van der Waals surface area contributed by atoms with Gasteiger partial charge in [-0.2, -0.15) is 5.26 Å². The molecule has 3 aromatic rings. The van der Waals surface area contributed by atoms with Crippen molar-refractivity contribution in [3.05, 3.63) is 41.1 Å². The minimum atomic E-state index is -0.113. The first-order chi connectivity index (χ1) is 14.4. The Balaban J connectivity index is 1.58. The molecule has 3 aromatic heterocycles. The second-order valence-corrected chi connectivity index (χ2v) is 8.43. The Kier molecular flexibility index (Phi) is 4.36. The molecule has 2 saturated heterocycles. The molecule has 0 radical (unpaired) electrons. The number of rotatable bonds is 4. The number of nitrogens with one attached hydrogen (secondary N) is 2. The second kappa shape index (κ2) is 6.96. The van der Waals surface area contributed by atoms with E-state index in [0.29, 0.717) is 35.0 Å². The number of hydrogen-bond acceptors (Lipinski definition) is 7. The molecule has 154 valence electrons. The second-order valence-electron chi connectivity index (χ2n) is 8.43. The van der Waals surface area contributed by atoms with Gasteiger partial charge in [0.25, 0.3) is 0 Å². The van der Waals surface area contributed by atoms with Gasteiger partial charge in [0.15, 0.2) is 0 Å². The van der Waals surface area contributed by atoms with E-state index in [1.165, 1.54) is 12.1 Å². The van der Waals surface area contributed by atoms with Gasteiger partial charge in [0, 0.05) is 38.4 Å². The summed E-state index contributed by atoms with van der Waals surface area (Å²) in [4.78, 5) is 16.4. The molecule has 0 unspecified atom stereocenters. The molecule has 5 heterocycles. The van der Waals surface area contributed by atoms with E-state index >= 15 is 0 Å². The molecule has 2 aliphatic heterocycles. The van der Waals surface area contributed by atoms with Crippen molar-refractivity contribution < 1.29 is 0 Å². The molecule has 0 aliphatic carbocycles. The summed E-state index contributed by atoms with van der Waals surface area (Å²) in [7, 11) is 2.05. The predicted octanol–water partition coefficient (Wildman–Crippen LogP) is 2.58. The summed E-state index contributed by atoms with van der Waals surface area (Å²) in [6, 6.07) is 7.49. The zero-order valence-electron chi connectivity index (χ0n) is 17.8. The first-order valence-corrected chi connectivity index (χ1v) is 10.4. The van der Waals surface area contributed by atoms with Gasteiger partial charge in [-0.05, 0) is 39.3 Å². The number of aryl methyl sites for hydroxylation is 3. The van der Waals surface area contributed by atoms with Crippen molar-refractivity contribution in [1.29, 1.82) is 5.26 Å². The van der Waals surface area contributed by atoms with Gasteiger partial charge in [0.05, 0.1) is 34.2 Å². The van der Waals surface area contributed by atoms with Crippen molar-refractivity contribution in [3.8, 4) is 6.07 Å². The highest BCUT2D eigenvalue weighted by Gasteiger charge is 2.39. The molecule has 8 heteroatoms. The van der Waals surface area contributed by atoms with Gasteiger partial charge in [-0.15, -0.1) is 0 Å². The average Bonchev–Trinajstić information content (AvgIpc) is 3.43. The maximum Gasteiger partial charge on any atom is 0.148 e. The van der Waals surface area contributed by atoms with Crippen molar-refractivity contribution in [2.75, 3.05) is 23.3 Å². The van der Waals surface area contributed by atoms with E-state index in [0.717, 1.165) is 29.8 Å². The molecule has 2 fully saturated rings. The van der Waals surface area contributed by atoms with E-state index in [-0.39, 0.29) is 6.04 Å². The molecule has 0 spiro atoms. The molecular formula is C22H26N8. The van der Waals surface area contributed by atoms with Crippen molar-refractivity contribution in [1.82, 2.24) is 24.8 Å². The van der Waals surface area contributed by atoms with E-state index in [2.05, 4.69) is 56.2 Å². The fraction of sp³-hybridized carbons (Fsp3) is 0.455. The van der Waals surface area contributed by atoms with E-state index in [4.69, 9.17) is 4.98 Å². The first-order valence-electron chi connectivity index (χ1n) is 10.4. The third kappa shape index (κ3) is 2.97. The molecule has 2 bridgehead atoms. The van der Waals surface area contributed by atoms with Crippen LogP contribution in [0.5, 0.6) is 0 Å². The summed E-state index contributed by atoms with van der Waals surface area (Å²) in [5.74, 6) is 1.22. The van der Waals surface area contributed by atoms with Crippen molar-refractivity contribution in [3.63, 3.8) is 0 Å². The largest absolute Gasteiger partial charge is 0.364 e. The van der Waals surface area contributed by atoms with Crippen LogP contribution < -0.4 is 15.5 Å². The normalized spacial score (nSPS) is 21.2. The Bertz CT molecular complexity index is 1170. The van der Waals surface area contributed by atoms with Crippen LogP contribution in [0.2, 0.25) is 0 Å². The van der Waals surface area contributed by atoms with E-state index in [9.17, 15) is 5.26 Å². The minimum absolute atomic E-state index is 0.113. The Morgan fingerprint density at radius 1 is 1.30 bits per heavy atom. The molecular weight excluding hydrogens is 376 g/mol. The third-order valence-electron chi connectivity index (χ3n) is 6.32. The molecule has 8 nitrogen and oxygen atoms in total. The standard InChI is InChI=1S/C22H26N8/c1-12-17(9-23)22(27-14(3)25-12)26-13(2)21-20(30-11-15-7-16(30)10-24-15)8-19-18(28-21)5-6-29(19)4/h5-6,8,13,15-16,24H,7,10-11H2,1-4H3,(H,25,26,27)/t13-,15-,16-/m0/s1. The van der Waals surface area contributed by atoms with E-state index < -0.39 is 0 Å². The van der Waals surface area contributed by atoms with Gasteiger partial charge >= 0.3 is 0 Å². The SMILES string of the molecule is Cc1nc(C)c(C#N)c(N[C@@H](C)c2nc3ccn(C)c3cc2N2C[C@@H]3C[C@H]2CN3)n1. The summed E-state index contributed by atoms with van der Waals surface area (Å²) >= 11 is 0. The Morgan fingerprint density at radius 3 is 2.83 bits per heavy atom. The van der Waals surface area contributed by atoms with Crippen LogP contribution in [-0.2, 0) is 7.05 Å². The molecule has 5 rings (SSSR count). The molecule has 2 N–H and O–H groups in total. The molecule has 30 heavy (non-hydrogen) atoms. The lowest BCUT2D eigenvalue weighted by Gasteiger charge is -2.32. The van der Waals surface area contributed by atoms with Gasteiger partial charge in [-0.1, -0.05) is 0 Å². The Hall–Kier alpha value is -3.18. The molecule has 0 saturated carbocycles. The van der Waals surface area contributed by atoms with Gasteiger partial charge < -0.3 is 20.1 Å². The first kappa shape index (κ1) is 18.8. The number of hydrogen-bond donors (Lipinski definition) is 2. The van der Waals surface area contributed by atoms with Crippen LogP contribution in [0.25, 0.3) is 11.0 Å². The van der Waals surface area contributed by atoms with Crippen LogP contribution in [0.3, 0.4) is 0 Å². The smallest absolute Gasteiger partial charge is 0.148 e. The van der Waals surface area contributed by atoms with Gasteiger partial charge in [-0.25, -0.2) is 15.0 Å². The molecule has 2 aliphatic rings. The third-order valence-corrected chi connectivity index (χ3v) is 6.32. The Labute approximate surface area is 176 Å². The highest BCUT2D eigenvalue weighted by atomic mass is 15.3. The fourth-order valence-corrected chi connectivity index (χ4v) is 4.82. The average molecular weight is 403 g/mol. The quantitative estimate of drug-likeness (QED) is 0.692. The zero-order valence-corrected chi connectivity index (χ0v) is 17.8. The van der Waals surface area contributed by atoms with Crippen molar-refractivity contribution in [2.45, 2.75) is 45.3 Å². The number of aromatic nitrogens is 4. The summed E-state index contributed by atoms with van der Waals surface area (Å²) < 4.78 is 2.12. The highest BCUT2D eigenvalue weighted by Crippen LogP contribution is 2.36. The zero-order chi connectivity index (χ0) is 21.0. The van der Waals surface area contributed by atoms with Crippen molar-refractivity contribution in [2.24, 2.45) is 7.05 Å². The maximum absolute atomic E-state index is 9.61. The van der Waals surface area contributed by atoms with Crippen LogP contribution in [0, 0.1) is 25.2 Å². The summed E-state index contributed by atoms with van der Waals surface area (Å²) in [5.41, 5.74) is 5.43. The number of piperazine rings is 1. The number of nitrogens with zero attached hydrogens (tertiary/aromatic N) is 6. The van der Waals surface area contributed by atoms with Crippen LogP contribution in [0.4, 0.5) is 11.5 Å². The summed E-state index contributed by atoms with van der Waals surface area (Å²) in [5, 5.41) is 16.6. The lowest BCUT2D eigenvalue weighted by atomic mass is 10.1. The lowest BCUT2D eigenvalue weighted by Crippen LogP contribution is -2.44. The molecule has 0 amide bonds. The number of fused-ring (bicyclic) bond motifs is 3. The maximum atomic E-state index is 9.61. The van der Waals surface area contributed by atoms with Gasteiger partial charge in [0.2, 0.25) is 0 Å². The molecule has 0 aromatic carbocycles. The fourth-order valence-electron chi connectivity index (χ4n) is 4.82. The van der Waals surface area contributed by atoms with Crippen LogP contribution in [0.15, 0.2) is 18.3 Å². The number of nitriles is 1. The van der Waals surface area contributed by atoms with Crippen molar-refractivity contribution >= 4 is 22.5 Å². The summed E-state index contributed by atoms with van der Waals surface area (Å²) in [6.07, 6.45) is 3.22. The topological polar surface area (TPSA) is 94.7 Å². The lowest BCUT2D eigenvalue weighted by molar-refractivity contribution is 0.577. The Morgan fingerprint density at radius 2 is 2.13 bits per heavy atom. The highest BCUT2D eigenvalue weighted by molar-refractivity contribution is 5.81. The number of pyridine rings is 1. The van der Waals surface area contributed by atoms with Crippen LogP contribution in [-0.4, -0.2) is 44.7 Å². The van der Waals surface area contributed by atoms with E-state index in [1.807, 2.05) is 26.1 Å².